The molecule has 5 heteroatoms. The number of nitriles is 1. The molecule has 0 aliphatic rings. The largest absolute Gasteiger partial charge is 0.466 e. The van der Waals surface area contributed by atoms with E-state index in [0.717, 1.165) is 0 Å². The highest BCUT2D eigenvalue weighted by molar-refractivity contribution is 5.73. The summed E-state index contributed by atoms with van der Waals surface area (Å²) in [6.07, 6.45) is -2.53. The zero-order valence-corrected chi connectivity index (χ0v) is 10.9. The standard InChI is InChI=1S/C14H15F2NO2/c1-3-10-5-9(8-17)6-11(13(10)14(15)16)7-12(18)19-4-2/h5-6,14H,3-4,7H2,1-2H3. The van der Waals surface area contributed by atoms with Crippen LogP contribution in [0.4, 0.5) is 8.78 Å². The lowest BCUT2D eigenvalue weighted by Gasteiger charge is -2.13. The van der Waals surface area contributed by atoms with Gasteiger partial charge in [0.05, 0.1) is 24.7 Å². The quantitative estimate of drug-likeness (QED) is 0.770. The summed E-state index contributed by atoms with van der Waals surface area (Å²) in [5.41, 5.74) is 0.688. The molecule has 3 nitrogen and oxygen atoms in total. The van der Waals surface area contributed by atoms with Crippen molar-refractivity contribution in [3.63, 3.8) is 0 Å². The minimum absolute atomic E-state index is 0.158. The van der Waals surface area contributed by atoms with Gasteiger partial charge in [0.1, 0.15) is 0 Å². The van der Waals surface area contributed by atoms with Gasteiger partial charge in [-0.2, -0.15) is 5.26 Å². The molecule has 0 saturated carbocycles. The molecule has 0 aromatic heterocycles. The van der Waals surface area contributed by atoms with Crippen LogP contribution in [0, 0.1) is 11.3 Å². The third-order valence-corrected chi connectivity index (χ3v) is 2.72. The number of halogens is 2. The fourth-order valence-corrected chi connectivity index (χ4v) is 1.93. The second-order valence-corrected chi connectivity index (χ2v) is 3.96. The molecule has 0 saturated heterocycles. The normalized spacial score (nSPS) is 10.3. The first-order valence-corrected chi connectivity index (χ1v) is 6.03. The Hall–Kier alpha value is -1.96. The maximum Gasteiger partial charge on any atom is 0.310 e. The molecule has 1 rings (SSSR count). The highest BCUT2D eigenvalue weighted by atomic mass is 19.3. The Labute approximate surface area is 110 Å². The Morgan fingerprint density at radius 3 is 2.47 bits per heavy atom. The van der Waals surface area contributed by atoms with Gasteiger partial charge in [-0.3, -0.25) is 4.79 Å². The molecule has 0 aliphatic heterocycles. The summed E-state index contributed by atoms with van der Waals surface area (Å²) in [6.45, 7) is 3.58. The molecule has 102 valence electrons. The average molecular weight is 267 g/mol. The van der Waals surface area contributed by atoms with Crippen LogP contribution in [0.25, 0.3) is 0 Å². The zero-order chi connectivity index (χ0) is 14.4. The average Bonchev–Trinajstić information content (AvgIpc) is 2.37. The molecule has 0 radical (unpaired) electrons. The lowest BCUT2D eigenvalue weighted by molar-refractivity contribution is -0.142. The maximum absolute atomic E-state index is 13.1. The van der Waals surface area contributed by atoms with Crippen molar-refractivity contribution >= 4 is 5.97 Å². The molecule has 0 fully saturated rings. The van der Waals surface area contributed by atoms with Gasteiger partial charge in [-0.25, -0.2) is 8.78 Å². The van der Waals surface area contributed by atoms with Crippen LogP contribution in [-0.2, 0) is 22.4 Å². The third-order valence-electron chi connectivity index (χ3n) is 2.72. The number of ether oxygens (including phenoxy) is 1. The Kier molecular flexibility index (Phi) is 5.43. The molecule has 19 heavy (non-hydrogen) atoms. The van der Waals surface area contributed by atoms with Crippen LogP contribution in [0.15, 0.2) is 12.1 Å². The number of nitrogens with zero attached hydrogens (tertiary/aromatic N) is 1. The number of benzene rings is 1. The third kappa shape index (κ3) is 3.75. The van der Waals surface area contributed by atoms with Gasteiger partial charge in [-0.15, -0.1) is 0 Å². The van der Waals surface area contributed by atoms with E-state index in [-0.39, 0.29) is 29.7 Å². The van der Waals surface area contributed by atoms with Crippen molar-refractivity contribution in [1.82, 2.24) is 0 Å². The van der Waals surface area contributed by atoms with Gasteiger partial charge in [-0.1, -0.05) is 6.92 Å². The number of carbonyl (C=O) groups excluding carboxylic acids is 1. The van der Waals surface area contributed by atoms with Gasteiger partial charge in [0.15, 0.2) is 0 Å². The lowest BCUT2D eigenvalue weighted by atomic mass is 9.94. The van der Waals surface area contributed by atoms with Crippen molar-refractivity contribution in [3.05, 3.63) is 34.4 Å². The summed E-state index contributed by atoms with van der Waals surface area (Å²) in [7, 11) is 0. The first-order valence-electron chi connectivity index (χ1n) is 6.03. The van der Waals surface area contributed by atoms with Gasteiger partial charge in [0.25, 0.3) is 6.43 Å². The Bertz CT molecular complexity index is 507. The molecule has 0 aliphatic carbocycles. The minimum atomic E-state index is -2.67. The summed E-state index contributed by atoms with van der Waals surface area (Å²) in [5.74, 6) is -0.568. The summed E-state index contributed by atoms with van der Waals surface area (Å²) >= 11 is 0. The molecular formula is C14H15F2NO2. The van der Waals surface area contributed by atoms with Crippen LogP contribution in [0.5, 0.6) is 0 Å². The highest BCUT2D eigenvalue weighted by Crippen LogP contribution is 2.29. The number of carbonyl (C=O) groups is 1. The van der Waals surface area contributed by atoms with E-state index in [2.05, 4.69) is 0 Å². The lowest BCUT2D eigenvalue weighted by Crippen LogP contribution is -2.11. The van der Waals surface area contributed by atoms with E-state index < -0.39 is 12.4 Å². The molecular weight excluding hydrogens is 252 g/mol. The number of hydrogen-bond donors (Lipinski definition) is 0. The number of aryl methyl sites for hydroxylation is 1. The Morgan fingerprint density at radius 1 is 1.37 bits per heavy atom. The zero-order valence-electron chi connectivity index (χ0n) is 10.9. The van der Waals surface area contributed by atoms with Crippen LogP contribution in [0.3, 0.4) is 0 Å². The SMILES string of the molecule is CCOC(=O)Cc1cc(C#N)cc(CC)c1C(F)F. The molecule has 0 amide bonds. The molecule has 0 spiro atoms. The van der Waals surface area contributed by atoms with Crippen molar-refractivity contribution in [1.29, 1.82) is 5.26 Å². The van der Waals surface area contributed by atoms with Crippen molar-refractivity contribution in [2.75, 3.05) is 6.61 Å². The van der Waals surface area contributed by atoms with Crippen molar-refractivity contribution in [2.45, 2.75) is 33.1 Å². The van der Waals surface area contributed by atoms with Gasteiger partial charge < -0.3 is 4.74 Å². The highest BCUT2D eigenvalue weighted by Gasteiger charge is 2.20. The van der Waals surface area contributed by atoms with E-state index >= 15 is 0 Å². The van der Waals surface area contributed by atoms with E-state index in [4.69, 9.17) is 10.00 Å². The van der Waals surface area contributed by atoms with Gasteiger partial charge in [0, 0.05) is 5.56 Å². The second-order valence-electron chi connectivity index (χ2n) is 3.96. The van der Waals surface area contributed by atoms with E-state index in [1.54, 1.807) is 13.8 Å². The van der Waals surface area contributed by atoms with Crippen molar-refractivity contribution < 1.29 is 18.3 Å². The monoisotopic (exact) mass is 267 g/mol. The van der Waals surface area contributed by atoms with E-state index in [1.165, 1.54) is 12.1 Å². The maximum atomic E-state index is 13.1. The van der Waals surface area contributed by atoms with Crippen molar-refractivity contribution in [2.24, 2.45) is 0 Å². The number of alkyl halides is 2. The molecule has 0 atom stereocenters. The molecule has 1 aromatic rings. The van der Waals surface area contributed by atoms with E-state index in [9.17, 15) is 13.6 Å². The minimum Gasteiger partial charge on any atom is -0.466 e. The topological polar surface area (TPSA) is 50.1 Å². The first kappa shape index (κ1) is 15.1. The second kappa shape index (κ2) is 6.83. The van der Waals surface area contributed by atoms with Gasteiger partial charge in [-0.05, 0) is 36.6 Å². The first-order chi connectivity index (χ1) is 9.03. The molecule has 0 heterocycles. The fraction of sp³-hybridized carbons (Fsp3) is 0.429. The summed E-state index contributed by atoms with van der Waals surface area (Å²) in [6, 6.07) is 4.69. The molecule has 1 aromatic carbocycles. The van der Waals surface area contributed by atoms with Gasteiger partial charge in [0.2, 0.25) is 0 Å². The molecule has 0 unspecified atom stereocenters. The number of hydrogen-bond acceptors (Lipinski definition) is 3. The predicted molar refractivity (Wildman–Crippen MR) is 65.8 cm³/mol. The van der Waals surface area contributed by atoms with Crippen LogP contribution in [0.1, 0.15) is 42.5 Å². The smallest absolute Gasteiger partial charge is 0.310 e. The Morgan fingerprint density at radius 2 is 2.00 bits per heavy atom. The van der Waals surface area contributed by atoms with Crippen LogP contribution < -0.4 is 0 Å². The molecule has 0 N–H and O–H groups in total. The van der Waals surface area contributed by atoms with E-state index in [1.807, 2.05) is 6.07 Å². The van der Waals surface area contributed by atoms with E-state index in [0.29, 0.717) is 12.0 Å². The van der Waals surface area contributed by atoms with Crippen molar-refractivity contribution in [3.8, 4) is 6.07 Å². The summed E-state index contributed by atoms with van der Waals surface area (Å²) in [4.78, 5) is 11.4. The van der Waals surface area contributed by atoms with Crippen LogP contribution >= 0.6 is 0 Å². The molecule has 0 bridgehead atoms. The number of rotatable bonds is 5. The fourth-order valence-electron chi connectivity index (χ4n) is 1.93. The summed E-state index contributed by atoms with van der Waals surface area (Å²) < 4.78 is 31.0. The summed E-state index contributed by atoms with van der Waals surface area (Å²) in [5, 5.41) is 8.90. The van der Waals surface area contributed by atoms with Gasteiger partial charge >= 0.3 is 5.97 Å². The van der Waals surface area contributed by atoms with Crippen LogP contribution in [0.2, 0.25) is 0 Å². The Balaban J connectivity index is 3.26. The van der Waals surface area contributed by atoms with Crippen LogP contribution in [-0.4, -0.2) is 12.6 Å². The number of esters is 1. The predicted octanol–water partition coefficient (Wildman–Crippen LogP) is 3.16.